The predicted molar refractivity (Wildman–Crippen MR) is 76.0 cm³/mol. The molecule has 1 fully saturated rings. The summed E-state index contributed by atoms with van der Waals surface area (Å²) in [6, 6.07) is 5.32. The predicted octanol–water partition coefficient (Wildman–Crippen LogP) is 1.64. The number of benzene rings is 1. The van der Waals surface area contributed by atoms with E-state index >= 15 is 0 Å². The molecule has 2 unspecified atom stereocenters. The molecule has 0 spiro atoms. The summed E-state index contributed by atoms with van der Waals surface area (Å²) in [5, 5.41) is 22.1. The van der Waals surface area contributed by atoms with Crippen LogP contribution in [0.3, 0.4) is 0 Å². The van der Waals surface area contributed by atoms with Crippen LogP contribution in [0.1, 0.15) is 18.9 Å². The normalized spacial score (nSPS) is 21.7. The number of nitrogens with zero attached hydrogens (tertiary/aromatic N) is 2. The van der Waals surface area contributed by atoms with Gasteiger partial charge in [-0.25, -0.2) is 0 Å². The van der Waals surface area contributed by atoms with Crippen molar-refractivity contribution in [2.24, 2.45) is 16.8 Å². The van der Waals surface area contributed by atoms with E-state index < -0.39 is 0 Å². The zero-order chi connectivity index (χ0) is 14.0. The van der Waals surface area contributed by atoms with E-state index in [0.717, 1.165) is 25.2 Å². The molecule has 1 saturated heterocycles. The highest BCUT2D eigenvalue weighted by molar-refractivity contribution is 6.31. The van der Waals surface area contributed by atoms with Crippen molar-refractivity contribution in [1.29, 1.82) is 0 Å². The number of anilines is 1. The summed E-state index contributed by atoms with van der Waals surface area (Å²) < 4.78 is 0. The van der Waals surface area contributed by atoms with E-state index in [4.69, 9.17) is 22.5 Å². The number of halogens is 1. The second-order valence-corrected chi connectivity index (χ2v) is 5.32. The van der Waals surface area contributed by atoms with Crippen LogP contribution in [0.15, 0.2) is 23.4 Å². The molecule has 0 amide bonds. The average Bonchev–Trinajstić information content (AvgIpc) is 2.87. The van der Waals surface area contributed by atoms with Crippen molar-refractivity contribution in [3.8, 4) is 0 Å². The maximum absolute atomic E-state index is 9.65. The smallest absolute Gasteiger partial charge is 0.172 e. The van der Waals surface area contributed by atoms with Crippen molar-refractivity contribution in [1.82, 2.24) is 0 Å². The summed E-state index contributed by atoms with van der Waals surface area (Å²) in [6.07, 6.45) is 0.597. The van der Waals surface area contributed by atoms with E-state index in [-0.39, 0.29) is 17.9 Å². The summed E-state index contributed by atoms with van der Waals surface area (Å²) in [5.74, 6) is 0.286. The van der Waals surface area contributed by atoms with Gasteiger partial charge in [-0.3, -0.25) is 0 Å². The fraction of sp³-hybridized carbons (Fsp3) is 0.462. The molecule has 19 heavy (non-hydrogen) atoms. The molecule has 2 rings (SSSR count). The number of hydrogen-bond donors (Lipinski definition) is 3. The number of nitrogens with two attached hydrogens (primary N) is 1. The lowest BCUT2D eigenvalue weighted by Gasteiger charge is -2.22. The molecule has 5 nitrogen and oxygen atoms in total. The van der Waals surface area contributed by atoms with Crippen molar-refractivity contribution in [2.45, 2.75) is 19.4 Å². The van der Waals surface area contributed by atoms with Crippen LogP contribution in [-0.2, 0) is 0 Å². The third-order valence-corrected chi connectivity index (χ3v) is 3.82. The van der Waals surface area contributed by atoms with Gasteiger partial charge in [0.15, 0.2) is 5.84 Å². The summed E-state index contributed by atoms with van der Waals surface area (Å²) in [6.45, 7) is 3.40. The van der Waals surface area contributed by atoms with Gasteiger partial charge in [0.05, 0.1) is 6.10 Å². The monoisotopic (exact) mass is 283 g/mol. The van der Waals surface area contributed by atoms with E-state index in [9.17, 15) is 5.11 Å². The van der Waals surface area contributed by atoms with Crippen LogP contribution in [-0.4, -0.2) is 35.3 Å². The molecule has 6 heteroatoms. The molecule has 1 aliphatic rings. The molecule has 0 aliphatic carbocycles. The molecule has 1 aromatic rings. The Morgan fingerprint density at radius 1 is 1.58 bits per heavy atom. The summed E-state index contributed by atoms with van der Waals surface area (Å²) in [5.41, 5.74) is 7.18. The lowest BCUT2D eigenvalue weighted by Crippen LogP contribution is -2.26. The average molecular weight is 284 g/mol. The number of amidine groups is 1. The first-order valence-corrected chi connectivity index (χ1v) is 6.61. The van der Waals surface area contributed by atoms with Gasteiger partial charge in [0.25, 0.3) is 0 Å². The van der Waals surface area contributed by atoms with Gasteiger partial charge in [-0.1, -0.05) is 16.8 Å². The molecule has 1 aromatic carbocycles. The molecule has 4 N–H and O–H groups in total. The fourth-order valence-corrected chi connectivity index (χ4v) is 2.62. The second-order valence-electron chi connectivity index (χ2n) is 4.88. The third-order valence-electron chi connectivity index (χ3n) is 3.59. The molecular weight excluding hydrogens is 266 g/mol. The molecular formula is C13H18ClN3O2. The van der Waals surface area contributed by atoms with Gasteiger partial charge in [-0.05, 0) is 31.5 Å². The maximum Gasteiger partial charge on any atom is 0.172 e. The second kappa shape index (κ2) is 5.67. The number of aliphatic hydroxyl groups excluding tert-OH is 1. The van der Waals surface area contributed by atoms with Gasteiger partial charge in [-0.2, -0.15) is 0 Å². The summed E-state index contributed by atoms with van der Waals surface area (Å²) in [4.78, 5) is 2.13. The molecule has 1 aliphatic heterocycles. The Kier molecular flexibility index (Phi) is 4.17. The van der Waals surface area contributed by atoms with Crippen LogP contribution in [0.2, 0.25) is 5.02 Å². The Morgan fingerprint density at radius 2 is 2.32 bits per heavy atom. The Hall–Kier alpha value is -1.46. The van der Waals surface area contributed by atoms with Crippen LogP contribution < -0.4 is 10.6 Å². The minimum Gasteiger partial charge on any atom is -0.409 e. The van der Waals surface area contributed by atoms with Crippen molar-refractivity contribution in [2.75, 3.05) is 18.0 Å². The van der Waals surface area contributed by atoms with E-state index in [2.05, 4.69) is 10.1 Å². The molecule has 104 valence electrons. The van der Waals surface area contributed by atoms with Crippen LogP contribution >= 0.6 is 11.6 Å². The zero-order valence-electron chi connectivity index (χ0n) is 10.8. The number of hydrogen-bond acceptors (Lipinski definition) is 4. The lowest BCUT2D eigenvalue weighted by molar-refractivity contribution is 0.136. The summed E-state index contributed by atoms with van der Waals surface area (Å²) >= 11 is 5.95. The van der Waals surface area contributed by atoms with Crippen LogP contribution in [0.5, 0.6) is 0 Å². The van der Waals surface area contributed by atoms with Crippen LogP contribution in [0.25, 0.3) is 0 Å². The highest BCUT2D eigenvalue weighted by atomic mass is 35.5. The third kappa shape index (κ3) is 2.93. The van der Waals surface area contributed by atoms with Gasteiger partial charge < -0.3 is 20.9 Å². The zero-order valence-corrected chi connectivity index (χ0v) is 11.5. The first kappa shape index (κ1) is 14.0. The van der Waals surface area contributed by atoms with E-state index in [1.165, 1.54) is 0 Å². The minimum atomic E-state index is -0.329. The molecule has 0 bridgehead atoms. The van der Waals surface area contributed by atoms with E-state index in [1.807, 2.05) is 6.07 Å². The highest BCUT2D eigenvalue weighted by Gasteiger charge is 2.27. The van der Waals surface area contributed by atoms with Crippen molar-refractivity contribution in [3.63, 3.8) is 0 Å². The lowest BCUT2D eigenvalue weighted by atomic mass is 10.0. The molecule has 0 radical (unpaired) electrons. The van der Waals surface area contributed by atoms with E-state index in [0.29, 0.717) is 10.6 Å². The SMILES string of the molecule is CC(O)C1CCN(c2ccc(Cl)cc2/C(N)=N/O)C1. The summed E-state index contributed by atoms with van der Waals surface area (Å²) in [7, 11) is 0. The number of aliphatic hydroxyl groups is 1. The Bertz CT molecular complexity index is 491. The topological polar surface area (TPSA) is 82.1 Å². The molecule has 0 saturated carbocycles. The first-order valence-electron chi connectivity index (χ1n) is 6.23. The van der Waals surface area contributed by atoms with Gasteiger partial charge in [0, 0.05) is 35.3 Å². The van der Waals surface area contributed by atoms with Gasteiger partial charge in [0.1, 0.15) is 0 Å². The minimum absolute atomic E-state index is 0.0398. The highest BCUT2D eigenvalue weighted by Crippen LogP contribution is 2.30. The maximum atomic E-state index is 9.65. The first-order chi connectivity index (χ1) is 9.02. The fourth-order valence-electron chi connectivity index (χ4n) is 2.44. The Morgan fingerprint density at radius 3 is 2.89 bits per heavy atom. The number of rotatable bonds is 3. The quantitative estimate of drug-likeness (QED) is 0.341. The van der Waals surface area contributed by atoms with Crippen molar-refractivity contribution >= 4 is 23.1 Å². The molecule has 2 atom stereocenters. The molecule has 1 heterocycles. The van der Waals surface area contributed by atoms with Gasteiger partial charge >= 0.3 is 0 Å². The largest absolute Gasteiger partial charge is 0.409 e. The van der Waals surface area contributed by atoms with Gasteiger partial charge in [-0.15, -0.1) is 0 Å². The Balaban J connectivity index is 2.30. The van der Waals surface area contributed by atoms with Crippen molar-refractivity contribution < 1.29 is 10.3 Å². The van der Waals surface area contributed by atoms with Crippen molar-refractivity contribution in [3.05, 3.63) is 28.8 Å². The van der Waals surface area contributed by atoms with E-state index in [1.54, 1.807) is 19.1 Å². The molecule has 0 aromatic heterocycles. The number of oxime groups is 1. The van der Waals surface area contributed by atoms with Crippen LogP contribution in [0, 0.1) is 5.92 Å². The van der Waals surface area contributed by atoms with Crippen LogP contribution in [0.4, 0.5) is 5.69 Å². The Labute approximate surface area is 117 Å². The van der Waals surface area contributed by atoms with Gasteiger partial charge in [0.2, 0.25) is 0 Å². The standard InChI is InChI=1S/C13H18ClN3O2/c1-8(18)9-4-5-17(7-9)12-3-2-10(14)6-11(12)13(15)16-19/h2-3,6,8-9,18-19H,4-5,7H2,1H3,(H2,15,16).